The van der Waals surface area contributed by atoms with Crippen LogP contribution in [0.25, 0.3) is 0 Å². The number of rotatable bonds is 5. The van der Waals surface area contributed by atoms with Gasteiger partial charge in [-0.25, -0.2) is 4.79 Å². The number of carbonyl (C=O) groups excluding carboxylic acids is 2. The number of allylic oxidation sites excluding steroid dienone is 1. The highest BCUT2D eigenvalue weighted by molar-refractivity contribution is 6.07. The number of ether oxygens (including phenoxy) is 2. The van der Waals surface area contributed by atoms with Crippen molar-refractivity contribution in [2.24, 2.45) is 10.9 Å². The second kappa shape index (κ2) is 8.43. The fraction of sp³-hybridized carbons (Fsp3) is 0.400. The average Bonchev–Trinajstić information content (AvgIpc) is 2.64. The first-order chi connectivity index (χ1) is 12.4. The quantitative estimate of drug-likeness (QED) is 0.758. The second-order valence-corrected chi connectivity index (χ2v) is 6.10. The van der Waals surface area contributed by atoms with Crippen LogP contribution in [0.15, 0.2) is 40.5 Å². The van der Waals surface area contributed by atoms with Gasteiger partial charge in [-0.1, -0.05) is 19.1 Å². The van der Waals surface area contributed by atoms with Crippen LogP contribution < -0.4 is 0 Å². The zero-order valence-corrected chi connectivity index (χ0v) is 15.4. The highest BCUT2D eigenvalue weighted by atomic mass is 16.5. The Bertz CT molecular complexity index is 817. The third-order valence-electron chi connectivity index (χ3n) is 4.32. The van der Waals surface area contributed by atoms with E-state index in [1.165, 1.54) is 7.11 Å². The van der Waals surface area contributed by atoms with E-state index in [1.807, 2.05) is 6.92 Å². The molecular weight excluding hydrogens is 332 g/mol. The monoisotopic (exact) mass is 354 g/mol. The van der Waals surface area contributed by atoms with Crippen LogP contribution in [-0.2, 0) is 19.1 Å². The molecule has 136 valence electrons. The molecule has 1 aromatic rings. The molecule has 1 aliphatic heterocycles. The number of hydrogen-bond donors (Lipinski definition) is 0. The lowest BCUT2D eigenvalue weighted by Gasteiger charge is -2.31. The van der Waals surface area contributed by atoms with E-state index in [2.05, 4.69) is 11.1 Å². The maximum atomic E-state index is 12.7. The van der Waals surface area contributed by atoms with Gasteiger partial charge < -0.3 is 9.47 Å². The normalized spacial score (nSPS) is 19.4. The number of esters is 2. The van der Waals surface area contributed by atoms with E-state index in [-0.39, 0.29) is 6.61 Å². The second-order valence-electron chi connectivity index (χ2n) is 6.10. The third-order valence-corrected chi connectivity index (χ3v) is 4.32. The molecule has 2 unspecified atom stereocenters. The molecule has 0 saturated heterocycles. The first-order valence-corrected chi connectivity index (χ1v) is 8.45. The highest BCUT2D eigenvalue weighted by Gasteiger charge is 2.42. The van der Waals surface area contributed by atoms with Gasteiger partial charge in [0.1, 0.15) is 5.92 Å². The molecule has 0 radical (unpaired) electrons. The Balaban J connectivity index is 2.63. The van der Waals surface area contributed by atoms with E-state index < -0.39 is 23.8 Å². The van der Waals surface area contributed by atoms with E-state index in [0.717, 1.165) is 0 Å². The smallest absolute Gasteiger partial charge is 0.336 e. The zero-order chi connectivity index (χ0) is 19.3. The van der Waals surface area contributed by atoms with E-state index in [0.29, 0.717) is 34.5 Å². The van der Waals surface area contributed by atoms with Gasteiger partial charge in [-0.2, -0.15) is 5.26 Å². The minimum Gasteiger partial charge on any atom is -0.468 e. The molecule has 0 amide bonds. The Morgan fingerprint density at radius 2 is 2.04 bits per heavy atom. The molecule has 2 atom stereocenters. The first-order valence-electron chi connectivity index (χ1n) is 8.45. The molecule has 6 heteroatoms. The van der Waals surface area contributed by atoms with E-state index in [9.17, 15) is 14.9 Å². The minimum atomic E-state index is -0.748. The maximum Gasteiger partial charge on any atom is 0.336 e. The standard InChI is InChI=1S/C20H22N2O4/c1-5-9-26-20(24)17-13(3)22-12(2)16(19(23)25-4)18(17)15-8-6-7-14(10-15)11-21/h6-8,10,16,18H,5,9H2,1-4H3. The molecule has 6 nitrogen and oxygen atoms in total. The van der Waals surface area contributed by atoms with Crippen molar-refractivity contribution in [3.63, 3.8) is 0 Å². The number of nitriles is 1. The SMILES string of the molecule is CCCOC(=O)C1=C(C)N=C(C)C(C(=O)OC)C1c1cccc(C#N)c1. The Kier molecular flexibility index (Phi) is 6.29. The lowest BCUT2D eigenvalue weighted by atomic mass is 9.75. The van der Waals surface area contributed by atoms with Crippen LogP contribution in [-0.4, -0.2) is 31.4 Å². The Morgan fingerprint density at radius 3 is 2.65 bits per heavy atom. The largest absolute Gasteiger partial charge is 0.468 e. The van der Waals surface area contributed by atoms with Crippen molar-refractivity contribution < 1.29 is 19.1 Å². The van der Waals surface area contributed by atoms with E-state index in [4.69, 9.17) is 9.47 Å². The molecule has 0 aromatic heterocycles. The molecular formula is C20H22N2O4. The van der Waals surface area contributed by atoms with Gasteiger partial charge >= 0.3 is 11.9 Å². The Morgan fingerprint density at radius 1 is 1.31 bits per heavy atom. The summed E-state index contributed by atoms with van der Waals surface area (Å²) in [4.78, 5) is 29.6. The van der Waals surface area contributed by atoms with Gasteiger partial charge in [-0.3, -0.25) is 9.79 Å². The lowest BCUT2D eigenvalue weighted by molar-refractivity contribution is -0.144. The third kappa shape index (κ3) is 3.83. The number of nitrogens with zero attached hydrogens (tertiary/aromatic N) is 2. The summed E-state index contributed by atoms with van der Waals surface area (Å²) in [5.41, 5.74) is 2.53. The molecule has 0 bridgehead atoms. The van der Waals surface area contributed by atoms with Crippen molar-refractivity contribution >= 4 is 17.7 Å². The predicted octanol–water partition coefficient (Wildman–Crippen LogP) is 3.13. The number of carbonyl (C=O) groups is 2. The number of aliphatic imine (C=N–C) groups is 1. The average molecular weight is 354 g/mol. The zero-order valence-electron chi connectivity index (χ0n) is 15.4. The molecule has 1 aromatic carbocycles. The molecule has 0 fully saturated rings. The Labute approximate surface area is 153 Å². The fourth-order valence-electron chi connectivity index (χ4n) is 3.17. The van der Waals surface area contributed by atoms with Crippen molar-refractivity contribution in [3.05, 3.63) is 46.7 Å². The van der Waals surface area contributed by atoms with Crippen LogP contribution in [0.2, 0.25) is 0 Å². The van der Waals surface area contributed by atoms with Crippen molar-refractivity contribution in [2.75, 3.05) is 13.7 Å². The van der Waals surface area contributed by atoms with Gasteiger partial charge in [0.05, 0.1) is 30.9 Å². The lowest BCUT2D eigenvalue weighted by Crippen LogP contribution is -2.36. The summed E-state index contributed by atoms with van der Waals surface area (Å²) >= 11 is 0. The summed E-state index contributed by atoms with van der Waals surface area (Å²) < 4.78 is 10.3. The first kappa shape index (κ1) is 19.4. The summed E-state index contributed by atoms with van der Waals surface area (Å²) in [5, 5.41) is 9.21. The molecule has 0 N–H and O–H groups in total. The van der Waals surface area contributed by atoms with Gasteiger partial charge in [0.15, 0.2) is 0 Å². The summed E-state index contributed by atoms with van der Waals surface area (Å²) in [6.45, 7) is 5.65. The van der Waals surface area contributed by atoms with Gasteiger partial charge in [0.2, 0.25) is 0 Å². The number of benzene rings is 1. The summed E-state index contributed by atoms with van der Waals surface area (Å²) in [7, 11) is 1.30. The molecule has 0 saturated carbocycles. The maximum absolute atomic E-state index is 12.7. The predicted molar refractivity (Wildman–Crippen MR) is 96.5 cm³/mol. The summed E-state index contributed by atoms with van der Waals surface area (Å²) in [6, 6.07) is 8.96. The number of hydrogen-bond acceptors (Lipinski definition) is 6. The fourth-order valence-corrected chi connectivity index (χ4v) is 3.17. The van der Waals surface area contributed by atoms with Crippen molar-refractivity contribution in [1.82, 2.24) is 0 Å². The Hall–Kier alpha value is -2.94. The summed E-state index contributed by atoms with van der Waals surface area (Å²) in [6.07, 6.45) is 0.690. The van der Waals surface area contributed by atoms with Crippen LogP contribution in [0.4, 0.5) is 0 Å². The van der Waals surface area contributed by atoms with Gasteiger partial charge in [-0.15, -0.1) is 0 Å². The topological polar surface area (TPSA) is 88.8 Å². The van der Waals surface area contributed by atoms with Crippen LogP contribution in [0, 0.1) is 17.2 Å². The van der Waals surface area contributed by atoms with Crippen LogP contribution in [0.3, 0.4) is 0 Å². The van der Waals surface area contributed by atoms with Crippen LogP contribution >= 0.6 is 0 Å². The van der Waals surface area contributed by atoms with E-state index in [1.54, 1.807) is 38.1 Å². The van der Waals surface area contributed by atoms with Crippen molar-refractivity contribution in [1.29, 1.82) is 5.26 Å². The van der Waals surface area contributed by atoms with Gasteiger partial charge in [-0.05, 0) is 38.0 Å². The molecule has 0 aliphatic carbocycles. The molecule has 0 spiro atoms. The molecule has 1 heterocycles. The van der Waals surface area contributed by atoms with Crippen LogP contribution in [0.1, 0.15) is 44.2 Å². The molecule has 26 heavy (non-hydrogen) atoms. The van der Waals surface area contributed by atoms with Gasteiger partial charge in [0, 0.05) is 17.3 Å². The number of methoxy groups -OCH3 is 1. The van der Waals surface area contributed by atoms with Crippen LogP contribution in [0.5, 0.6) is 0 Å². The minimum absolute atomic E-state index is 0.284. The van der Waals surface area contributed by atoms with Crippen molar-refractivity contribution in [2.45, 2.75) is 33.1 Å². The summed E-state index contributed by atoms with van der Waals surface area (Å²) in [5.74, 6) is -2.34. The van der Waals surface area contributed by atoms with E-state index >= 15 is 0 Å². The molecule has 2 rings (SSSR count). The molecule has 1 aliphatic rings. The van der Waals surface area contributed by atoms with Gasteiger partial charge in [0.25, 0.3) is 0 Å². The highest BCUT2D eigenvalue weighted by Crippen LogP contribution is 2.40. The van der Waals surface area contributed by atoms with Crippen molar-refractivity contribution in [3.8, 4) is 6.07 Å².